The van der Waals surface area contributed by atoms with Crippen molar-refractivity contribution in [2.45, 2.75) is 0 Å². The highest BCUT2D eigenvalue weighted by atomic mass is 79.9. The number of hydrogen-bond acceptors (Lipinski definition) is 2. The van der Waals surface area contributed by atoms with Crippen LogP contribution >= 0.6 is 15.9 Å². The third kappa shape index (κ3) is 2.90. The highest BCUT2D eigenvalue weighted by Gasteiger charge is 2.09. The molecule has 0 heterocycles. The van der Waals surface area contributed by atoms with Gasteiger partial charge in [-0.1, -0.05) is 40.2 Å². The molecule has 3 aromatic rings. The number of rotatable bonds is 2. The maximum Gasteiger partial charge on any atom is 0.257 e. The molecule has 0 saturated carbocycles. The molecule has 3 nitrogen and oxygen atoms in total. The number of carbonyl (C=O) groups is 1. The van der Waals surface area contributed by atoms with Crippen molar-refractivity contribution in [3.05, 3.63) is 70.7 Å². The van der Waals surface area contributed by atoms with Crippen LogP contribution in [0.1, 0.15) is 10.4 Å². The quantitative estimate of drug-likeness (QED) is 0.677. The number of anilines is 2. The first-order valence-corrected chi connectivity index (χ1v) is 7.28. The molecule has 0 unspecified atom stereocenters. The van der Waals surface area contributed by atoms with Crippen molar-refractivity contribution in [1.29, 1.82) is 0 Å². The molecule has 0 radical (unpaired) electrons. The maximum absolute atomic E-state index is 12.2. The van der Waals surface area contributed by atoms with Crippen LogP contribution < -0.4 is 11.1 Å². The van der Waals surface area contributed by atoms with Gasteiger partial charge < -0.3 is 11.1 Å². The summed E-state index contributed by atoms with van der Waals surface area (Å²) in [5.74, 6) is -0.204. The molecule has 0 aromatic heterocycles. The van der Waals surface area contributed by atoms with Gasteiger partial charge in [0, 0.05) is 15.8 Å². The summed E-state index contributed by atoms with van der Waals surface area (Å²) in [6, 6.07) is 18.8. The van der Waals surface area contributed by atoms with Crippen LogP contribution in [0, 0.1) is 0 Å². The predicted octanol–water partition coefficient (Wildman–Crippen LogP) is 4.44. The van der Waals surface area contributed by atoms with E-state index >= 15 is 0 Å². The Bertz CT molecular complexity index is 830. The fraction of sp³-hybridized carbons (Fsp3) is 0. The molecule has 3 rings (SSSR count). The molecule has 1 amide bonds. The SMILES string of the molecule is Nc1ccccc1C(=O)Nc1ccc2cc(Br)ccc2c1. The number of nitrogens with one attached hydrogen (secondary N) is 1. The van der Waals surface area contributed by atoms with E-state index in [0.29, 0.717) is 11.3 Å². The zero-order valence-electron chi connectivity index (χ0n) is 11.1. The molecule has 3 N–H and O–H groups in total. The summed E-state index contributed by atoms with van der Waals surface area (Å²) < 4.78 is 1.03. The van der Waals surface area contributed by atoms with Crippen molar-refractivity contribution in [2.24, 2.45) is 0 Å². The molecule has 4 heteroatoms. The van der Waals surface area contributed by atoms with Crippen molar-refractivity contribution < 1.29 is 4.79 Å². The number of amides is 1. The number of para-hydroxylation sites is 1. The Morgan fingerprint density at radius 2 is 1.67 bits per heavy atom. The predicted molar refractivity (Wildman–Crippen MR) is 90.5 cm³/mol. The summed E-state index contributed by atoms with van der Waals surface area (Å²) >= 11 is 3.45. The van der Waals surface area contributed by atoms with E-state index in [1.165, 1.54) is 0 Å². The fourth-order valence-electron chi connectivity index (χ4n) is 2.20. The highest BCUT2D eigenvalue weighted by Crippen LogP contribution is 2.23. The largest absolute Gasteiger partial charge is 0.398 e. The summed E-state index contributed by atoms with van der Waals surface area (Å²) in [5, 5.41) is 5.05. The first-order chi connectivity index (χ1) is 10.1. The molecular formula is C17H13BrN2O. The van der Waals surface area contributed by atoms with E-state index in [0.717, 1.165) is 20.9 Å². The Morgan fingerprint density at radius 3 is 2.48 bits per heavy atom. The summed E-state index contributed by atoms with van der Waals surface area (Å²) in [6.45, 7) is 0. The molecule has 104 valence electrons. The number of hydrogen-bond donors (Lipinski definition) is 2. The average Bonchev–Trinajstić information content (AvgIpc) is 2.48. The Labute approximate surface area is 130 Å². The van der Waals surface area contributed by atoms with Gasteiger partial charge >= 0.3 is 0 Å². The molecule has 0 bridgehead atoms. The Balaban J connectivity index is 1.90. The van der Waals surface area contributed by atoms with Gasteiger partial charge in [-0.2, -0.15) is 0 Å². The van der Waals surface area contributed by atoms with Gasteiger partial charge in [0.15, 0.2) is 0 Å². The van der Waals surface area contributed by atoms with Gasteiger partial charge in [-0.15, -0.1) is 0 Å². The molecule has 3 aromatic carbocycles. The van der Waals surface area contributed by atoms with Gasteiger partial charge in [0.2, 0.25) is 0 Å². The molecular weight excluding hydrogens is 328 g/mol. The molecule has 0 saturated heterocycles. The lowest BCUT2D eigenvalue weighted by atomic mass is 10.1. The van der Waals surface area contributed by atoms with Crippen molar-refractivity contribution in [1.82, 2.24) is 0 Å². The monoisotopic (exact) mass is 340 g/mol. The molecule has 0 atom stereocenters. The lowest BCUT2D eigenvalue weighted by Crippen LogP contribution is -2.13. The summed E-state index contributed by atoms with van der Waals surface area (Å²) in [7, 11) is 0. The second-order valence-corrected chi connectivity index (χ2v) is 5.66. The van der Waals surface area contributed by atoms with E-state index in [1.54, 1.807) is 24.3 Å². The number of halogens is 1. The van der Waals surface area contributed by atoms with Gasteiger partial charge in [0.05, 0.1) is 5.56 Å². The van der Waals surface area contributed by atoms with Crippen LogP contribution in [0.2, 0.25) is 0 Å². The lowest BCUT2D eigenvalue weighted by Gasteiger charge is -2.08. The normalized spacial score (nSPS) is 10.5. The van der Waals surface area contributed by atoms with Crippen LogP contribution in [0.25, 0.3) is 10.8 Å². The topological polar surface area (TPSA) is 55.1 Å². The third-order valence-corrected chi connectivity index (χ3v) is 3.76. The molecule has 0 fully saturated rings. The van der Waals surface area contributed by atoms with E-state index < -0.39 is 0 Å². The van der Waals surface area contributed by atoms with Gasteiger partial charge in [-0.25, -0.2) is 0 Å². The third-order valence-electron chi connectivity index (χ3n) is 3.27. The number of nitrogen functional groups attached to an aromatic ring is 1. The lowest BCUT2D eigenvalue weighted by molar-refractivity contribution is 0.102. The van der Waals surface area contributed by atoms with E-state index in [4.69, 9.17) is 5.73 Å². The van der Waals surface area contributed by atoms with E-state index in [1.807, 2.05) is 36.4 Å². The van der Waals surface area contributed by atoms with Gasteiger partial charge in [0.1, 0.15) is 0 Å². The van der Waals surface area contributed by atoms with Crippen molar-refractivity contribution in [3.8, 4) is 0 Å². The van der Waals surface area contributed by atoms with Crippen LogP contribution in [0.4, 0.5) is 11.4 Å². The van der Waals surface area contributed by atoms with Gasteiger partial charge in [-0.3, -0.25) is 4.79 Å². The van der Waals surface area contributed by atoms with Crippen LogP contribution in [0.3, 0.4) is 0 Å². The van der Waals surface area contributed by atoms with Crippen LogP contribution in [0.15, 0.2) is 65.1 Å². The molecule has 0 aliphatic heterocycles. The maximum atomic E-state index is 12.2. The molecule has 0 aliphatic carbocycles. The minimum Gasteiger partial charge on any atom is -0.398 e. The minimum atomic E-state index is -0.204. The van der Waals surface area contributed by atoms with E-state index in [2.05, 4.69) is 21.2 Å². The van der Waals surface area contributed by atoms with Crippen molar-refractivity contribution in [2.75, 3.05) is 11.1 Å². The van der Waals surface area contributed by atoms with Gasteiger partial charge in [0.25, 0.3) is 5.91 Å². The van der Waals surface area contributed by atoms with Crippen LogP contribution in [-0.2, 0) is 0 Å². The number of nitrogens with two attached hydrogens (primary N) is 1. The molecule has 0 spiro atoms. The summed E-state index contributed by atoms with van der Waals surface area (Å²) in [5.41, 5.74) is 7.52. The number of fused-ring (bicyclic) bond motifs is 1. The average molecular weight is 341 g/mol. The first-order valence-electron chi connectivity index (χ1n) is 6.49. The number of carbonyl (C=O) groups excluding carboxylic acids is 1. The number of benzene rings is 3. The Kier molecular flexibility index (Phi) is 3.62. The molecule has 21 heavy (non-hydrogen) atoms. The standard InChI is InChI=1S/C17H13BrN2O/c18-13-7-5-12-10-14(8-6-11(12)9-13)20-17(21)15-3-1-2-4-16(15)19/h1-10H,19H2,(H,20,21). The van der Waals surface area contributed by atoms with Crippen molar-refractivity contribution in [3.63, 3.8) is 0 Å². The Morgan fingerprint density at radius 1 is 0.952 bits per heavy atom. The first kappa shape index (κ1) is 13.6. The highest BCUT2D eigenvalue weighted by molar-refractivity contribution is 9.10. The summed E-state index contributed by atoms with van der Waals surface area (Å²) in [6.07, 6.45) is 0. The van der Waals surface area contributed by atoms with E-state index in [9.17, 15) is 4.79 Å². The zero-order valence-corrected chi connectivity index (χ0v) is 12.7. The Hall–Kier alpha value is -2.33. The molecule has 0 aliphatic rings. The van der Waals surface area contributed by atoms with E-state index in [-0.39, 0.29) is 5.91 Å². The van der Waals surface area contributed by atoms with Crippen LogP contribution in [-0.4, -0.2) is 5.91 Å². The summed E-state index contributed by atoms with van der Waals surface area (Å²) in [4.78, 5) is 12.2. The van der Waals surface area contributed by atoms with Crippen LogP contribution in [0.5, 0.6) is 0 Å². The minimum absolute atomic E-state index is 0.204. The zero-order chi connectivity index (χ0) is 14.8. The fourth-order valence-corrected chi connectivity index (χ4v) is 2.58. The smallest absolute Gasteiger partial charge is 0.257 e. The second kappa shape index (κ2) is 5.58. The van der Waals surface area contributed by atoms with Gasteiger partial charge in [-0.05, 0) is 47.2 Å². The second-order valence-electron chi connectivity index (χ2n) is 4.75. The van der Waals surface area contributed by atoms with Crippen molar-refractivity contribution >= 4 is 44.0 Å².